The molecule has 1 aromatic heterocycles. The molecule has 7 nitrogen and oxygen atoms in total. The summed E-state index contributed by atoms with van der Waals surface area (Å²) < 4.78 is 34.8. The van der Waals surface area contributed by atoms with Gasteiger partial charge in [0.1, 0.15) is 6.10 Å². The van der Waals surface area contributed by atoms with Crippen molar-refractivity contribution < 1.29 is 28.2 Å². The zero-order valence-corrected chi connectivity index (χ0v) is 15.7. The van der Waals surface area contributed by atoms with E-state index in [0.717, 1.165) is 18.9 Å². The number of amides is 1. The highest BCUT2D eigenvalue weighted by Crippen LogP contribution is 2.20. The summed E-state index contributed by atoms with van der Waals surface area (Å²) in [6.07, 6.45) is 3.32. The molecular weight excluding hydrogens is 372 g/mol. The molecule has 1 aromatic carbocycles. The first-order valence-electron chi connectivity index (χ1n) is 8.81. The lowest BCUT2D eigenvalue weighted by atomic mass is 10.2. The molecule has 1 saturated heterocycles. The Morgan fingerprint density at radius 2 is 2.18 bits per heavy atom. The molecule has 0 spiro atoms. The second-order valence-electron chi connectivity index (χ2n) is 6.17. The fraction of sp³-hybridized carbons (Fsp3) is 0.421. The van der Waals surface area contributed by atoms with Crippen LogP contribution in [0, 0.1) is 11.6 Å². The molecule has 0 saturated carbocycles. The highest BCUT2D eigenvalue weighted by Gasteiger charge is 2.28. The maximum absolute atomic E-state index is 12.5. The number of nitrogens with one attached hydrogen (secondary N) is 1. The maximum atomic E-state index is 12.5. The van der Waals surface area contributed by atoms with Gasteiger partial charge in [-0.1, -0.05) is 6.07 Å². The molecule has 1 fully saturated rings. The SMILES string of the molecule is CC1CCC(C(=O)Nc2cnnc(CCO)c2)O1.COc1cccc(F)c1F. The summed E-state index contributed by atoms with van der Waals surface area (Å²) in [6, 6.07) is 5.49. The fourth-order valence-corrected chi connectivity index (χ4v) is 2.58. The van der Waals surface area contributed by atoms with E-state index in [2.05, 4.69) is 20.3 Å². The van der Waals surface area contributed by atoms with Crippen molar-refractivity contribution in [3.05, 3.63) is 47.8 Å². The number of benzene rings is 1. The van der Waals surface area contributed by atoms with Gasteiger partial charge in [0, 0.05) is 13.0 Å². The number of hydrogen-bond acceptors (Lipinski definition) is 6. The first kappa shape index (κ1) is 21.6. The van der Waals surface area contributed by atoms with Crippen LogP contribution in [0.15, 0.2) is 30.5 Å². The monoisotopic (exact) mass is 395 g/mol. The van der Waals surface area contributed by atoms with Crippen LogP contribution >= 0.6 is 0 Å². The summed E-state index contributed by atoms with van der Waals surface area (Å²) >= 11 is 0. The van der Waals surface area contributed by atoms with Gasteiger partial charge in [-0.25, -0.2) is 4.39 Å². The molecule has 2 heterocycles. The smallest absolute Gasteiger partial charge is 0.253 e. The molecule has 3 rings (SSSR count). The Kier molecular flexibility index (Phi) is 8.21. The number of aromatic nitrogens is 2. The topological polar surface area (TPSA) is 93.6 Å². The minimum Gasteiger partial charge on any atom is -0.494 e. The average Bonchev–Trinajstić information content (AvgIpc) is 3.12. The minimum atomic E-state index is -0.940. The molecule has 1 aliphatic heterocycles. The summed E-state index contributed by atoms with van der Waals surface area (Å²) in [7, 11) is 1.29. The van der Waals surface area contributed by atoms with Gasteiger partial charge in [0.2, 0.25) is 5.82 Å². The summed E-state index contributed by atoms with van der Waals surface area (Å²) in [6.45, 7) is 1.97. The third kappa shape index (κ3) is 6.21. The normalized spacial score (nSPS) is 18.2. The van der Waals surface area contributed by atoms with Crippen LogP contribution in [0.3, 0.4) is 0 Å². The number of halogens is 2. The Labute approximate surface area is 161 Å². The molecular formula is C19H23F2N3O4. The highest BCUT2D eigenvalue weighted by atomic mass is 19.2. The summed E-state index contributed by atoms with van der Waals surface area (Å²) in [5, 5.41) is 19.2. The van der Waals surface area contributed by atoms with Crippen molar-refractivity contribution in [2.45, 2.75) is 38.4 Å². The first-order valence-corrected chi connectivity index (χ1v) is 8.81. The van der Waals surface area contributed by atoms with E-state index in [1.165, 1.54) is 25.4 Å². The zero-order valence-electron chi connectivity index (χ0n) is 15.7. The van der Waals surface area contributed by atoms with E-state index in [9.17, 15) is 13.6 Å². The van der Waals surface area contributed by atoms with Gasteiger partial charge in [-0.2, -0.15) is 14.6 Å². The second kappa shape index (κ2) is 10.6. The van der Waals surface area contributed by atoms with Gasteiger partial charge in [-0.05, 0) is 38.0 Å². The van der Waals surface area contributed by atoms with Gasteiger partial charge in [-0.15, -0.1) is 0 Å². The summed E-state index contributed by atoms with van der Waals surface area (Å²) in [5.74, 6) is -2.05. The summed E-state index contributed by atoms with van der Waals surface area (Å²) in [5.41, 5.74) is 1.23. The van der Waals surface area contributed by atoms with Crippen LogP contribution in [0.2, 0.25) is 0 Å². The maximum Gasteiger partial charge on any atom is 0.253 e. The Morgan fingerprint density at radius 3 is 2.79 bits per heavy atom. The highest BCUT2D eigenvalue weighted by molar-refractivity contribution is 5.94. The van der Waals surface area contributed by atoms with Crippen LogP contribution in [-0.4, -0.2) is 47.1 Å². The first-order chi connectivity index (χ1) is 13.4. The number of rotatable bonds is 5. The van der Waals surface area contributed by atoms with E-state index in [1.807, 2.05) is 6.92 Å². The Bertz CT molecular complexity index is 792. The number of aliphatic hydroxyl groups excluding tert-OH is 1. The molecule has 2 N–H and O–H groups in total. The second-order valence-corrected chi connectivity index (χ2v) is 6.17. The third-order valence-corrected chi connectivity index (χ3v) is 4.00. The quantitative estimate of drug-likeness (QED) is 0.808. The molecule has 152 valence electrons. The lowest BCUT2D eigenvalue weighted by molar-refractivity contribution is -0.126. The molecule has 9 heteroatoms. The van der Waals surface area contributed by atoms with Crippen molar-refractivity contribution in [1.29, 1.82) is 0 Å². The van der Waals surface area contributed by atoms with Crippen molar-refractivity contribution in [3.8, 4) is 5.75 Å². The zero-order chi connectivity index (χ0) is 20.5. The number of ether oxygens (including phenoxy) is 2. The van der Waals surface area contributed by atoms with Crippen molar-refractivity contribution in [2.24, 2.45) is 0 Å². The number of carbonyl (C=O) groups is 1. The van der Waals surface area contributed by atoms with Crippen LogP contribution in [0.25, 0.3) is 0 Å². The van der Waals surface area contributed by atoms with Gasteiger partial charge in [0.15, 0.2) is 11.6 Å². The molecule has 0 radical (unpaired) electrons. The lowest BCUT2D eigenvalue weighted by Crippen LogP contribution is -2.27. The van der Waals surface area contributed by atoms with Crippen LogP contribution in [-0.2, 0) is 16.0 Å². The molecule has 0 bridgehead atoms. The molecule has 2 atom stereocenters. The third-order valence-electron chi connectivity index (χ3n) is 4.00. The van der Waals surface area contributed by atoms with Gasteiger partial charge in [0.25, 0.3) is 5.91 Å². The van der Waals surface area contributed by atoms with Crippen molar-refractivity contribution >= 4 is 11.6 Å². The largest absolute Gasteiger partial charge is 0.494 e. The molecule has 28 heavy (non-hydrogen) atoms. The van der Waals surface area contributed by atoms with E-state index < -0.39 is 11.6 Å². The van der Waals surface area contributed by atoms with Gasteiger partial charge >= 0.3 is 0 Å². The molecule has 1 amide bonds. The van der Waals surface area contributed by atoms with Gasteiger partial charge in [0.05, 0.1) is 30.8 Å². The number of aliphatic hydroxyl groups is 1. The van der Waals surface area contributed by atoms with Crippen LogP contribution < -0.4 is 10.1 Å². The van der Waals surface area contributed by atoms with Crippen molar-refractivity contribution in [3.63, 3.8) is 0 Å². The summed E-state index contributed by atoms with van der Waals surface area (Å²) in [4.78, 5) is 11.9. The number of anilines is 1. The van der Waals surface area contributed by atoms with Crippen molar-refractivity contribution in [1.82, 2.24) is 10.2 Å². The van der Waals surface area contributed by atoms with Gasteiger partial charge < -0.3 is 19.9 Å². The van der Waals surface area contributed by atoms with Crippen LogP contribution in [0.4, 0.5) is 14.5 Å². The number of hydrogen-bond donors (Lipinski definition) is 2. The molecule has 2 aromatic rings. The average molecular weight is 395 g/mol. The Balaban J connectivity index is 0.000000237. The fourth-order valence-electron chi connectivity index (χ4n) is 2.58. The van der Waals surface area contributed by atoms with Crippen LogP contribution in [0.5, 0.6) is 5.75 Å². The molecule has 1 aliphatic rings. The number of carbonyl (C=O) groups excluding carboxylic acids is 1. The lowest BCUT2D eigenvalue weighted by Gasteiger charge is -2.11. The minimum absolute atomic E-state index is 0.00926. The van der Waals surface area contributed by atoms with Gasteiger partial charge in [-0.3, -0.25) is 4.79 Å². The predicted molar refractivity (Wildman–Crippen MR) is 97.9 cm³/mol. The van der Waals surface area contributed by atoms with E-state index in [1.54, 1.807) is 6.07 Å². The number of methoxy groups -OCH3 is 1. The van der Waals surface area contributed by atoms with E-state index in [0.29, 0.717) is 17.8 Å². The predicted octanol–water partition coefficient (Wildman–Crippen LogP) is 2.49. The Morgan fingerprint density at radius 1 is 1.39 bits per heavy atom. The van der Waals surface area contributed by atoms with E-state index >= 15 is 0 Å². The van der Waals surface area contributed by atoms with E-state index in [4.69, 9.17) is 9.84 Å². The molecule has 0 aliphatic carbocycles. The van der Waals surface area contributed by atoms with Crippen molar-refractivity contribution in [2.75, 3.05) is 19.0 Å². The van der Waals surface area contributed by atoms with E-state index in [-0.39, 0.29) is 30.5 Å². The standard InChI is InChI=1S/C12H17N3O3.C7H6F2O/c1-8-2-3-11(18-8)12(17)14-10-6-9(4-5-16)15-13-7-10;1-10-6-4-2-3-5(8)7(6)9/h6-8,11,16H,2-5H2,1H3,(H,14,15,17);2-4H,1H3. The number of nitrogens with zero attached hydrogens (tertiary/aromatic N) is 2. The van der Waals surface area contributed by atoms with Crippen LogP contribution in [0.1, 0.15) is 25.5 Å². The Hall–Kier alpha value is -2.65. The molecule has 2 unspecified atom stereocenters.